The fourth-order valence-electron chi connectivity index (χ4n) is 2.74. The van der Waals surface area contributed by atoms with Crippen LogP contribution in [0.2, 0.25) is 0 Å². The number of sulfonamides is 1. The van der Waals surface area contributed by atoms with E-state index in [1.54, 1.807) is 32.0 Å². The average molecular weight is 402 g/mol. The molecule has 148 valence electrons. The molecule has 2 aromatic carbocycles. The molecule has 0 saturated carbocycles. The molecule has 7 nitrogen and oxygen atoms in total. The van der Waals surface area contributed by atoms with E-state index in [1.165, 1.54) is 12.1 Å². The molecule has 28 heavy (non-hydrogen) atoms. The van der Waals surface area contributed by atoms with E-state index >= 15 is 0 Å². The lowest BCUT2D eigenvalue weighted by Crippen LogP contribution is -2.30. The van der Waals surface area contributed by atoms with E-state index in [1.807, 2.05) is 31.1 Å². The number of nitrogens with zero attached hydrogens (tertiary/aromatic N) is 1. The molecular weight excluding hydrogens is 380 g/mol. The Morgan fingerprint density at radius 3 is 2.57 bits per heavy atom. The number of benzene rings is 2. The molecule has 0 spiro atoms. The van der Waals surface area contributed by atoms with Crippen LogP contribution in [0.5, 0.6) is 5.75 Å². The molecule has 1 amide bonds. The van der Waals surface area contributed by atoms with E-state index in [2.05, 4.69) is 4.72 Å². The van der Waals surface area contributed by atoms with Crippen LogP contribution in [0, 0.1) is 6.92 Å². The Bertz CT molecular complexity index is 1130. The number of carbonyl (C=O) groups is 1. The molecule has 0 bridgehead atoms. The summed E-state index contributed by atoms with van der Waals surface area (Å²) in [5.41, 5.74) is 2.14. The Balaban J connectivity index is 1.92. The van der Waals surface area contributed by atoms with E-state index in [0.29, 0.717) is 17.6 Å². The SMILES string of the molecule is CCOc1ccc(C)cc1S(=O)(=O)NC(=O)c1cc2ccc(N(C)C)cc2o1. The fraction of sp³-hybridized carbons (Fsp3) is 0.250. The van der Waals surface area contributed by atoms with Crippen LogP contribution in [-0.4, -0.2) is 35.0 Å². The Kier molecular flexibility index (Phi) is 5.33. The maximum atomic E-state index is 12.8. The van der Waals surface area contributed by atoms with Gasteiger partial charge in [-0.15, -0.1) is 0 Å². The normalized spacial score (nSPS) is 11.4. The second kappa shape index (κ2) is 7.55. The quantitative estimate of drug-likeness (QED) is 0.680. The van der Waals surface area contributed by atoms with Crippen LogP contribution in [0.1, 0.15) is 23.0 Å². The molecule has 0 unspecified atom stereocenters. The highest BCUT2D eigenvalue weighted by atomic mass is 32.2. The minimum Gasteiger partial charge on any atom is -0.492 e. The van der Waals surface area contributed by atoms with E-state index in [0.717, 1.165) is 11.3 Å². The molecule has 0 aliphatic carbocycles. The standard InChI is InChI=1S/C20H22N2O5S/c1-5-26-16-9-6-13(2)10-19(16)28(24,25)21-20(23)18-11-14-7-8-15(22(3)4)12-17(14)27-18/h6-12H,5H2,1-4H3,(H,21,23). The van der Waals surface area contributed by atoms with Crippen molar-refractivity contribution in [2.45, 2.75) is 18.7 Å². The van der Waals surface area contributed by atoms with Crippen LogP contribution in [0.4, 0.5) is 5.69 Å². The first-order valence-electron chi connectivity index (χ1n) is 8.73. The van der Waals surface area contributed by atoms with Gasteiger partial charge in [-0.2, -0.15) is 0 Å². The van der Waals surface area contributed by atoms with Crippen molar-refractivity contribution in [3.8, 4) is 5.75 Å². The lowest BCUT2D eigenvalue weighted by molar-refractivity contribution is 0.0956. The highest BCUT2D eigenvalue weighted by molar-refractivity contribution is 7.90. The molecule has 0 radical (unpaired) electrons. The van der Waals surface area contributed by atoms with E-state index < -0.39 is 15.9 Å². The summed E-state index contributed by atoms with van der Waals surface area (Å²) in [5.74, 6) is -0.736. The molecule has 3 aromatic rings. The van der Waals surface area contributed by atoms with Gasteiger partial charge in [0.15, 0.2) is 5.76 Å². The summed E-state index contributed by atoms with van der Waals surface area (Å²) >= 11 is 0. The van der Waals surface area contributed by atoms with Gasteiger partial charge in [-0.3, -0.25) is 4.79 Å². The number of fused-ring (bicyclic) bond motifs is 1. The third-order valence-electron chi connectivity index (χ3n) is 4.16. The molecule has 3 rings (SSSR count). The van der Waals surface area contributed by atoms with Gasteiger partial charge in [0.1, 0.15) is 16.2 Å². The summed E-state index contributed by atoms with van der Waals surface area (Å²) in [4.78, 5) is 14.4. The number of hydrogen-bond donors (Lipinski definition) is 1. The van der Waals surface area contributed by atoms with Gasteiger partial charge in [0.05, 0.1) is 6.61 Å². The summed E-state index contributed by atoms with van der Waals surface area (Å²) in [5, 5.41) is 0.707. The second-order valence-electron chi connectivity index (χ2n) is 6.55. The largest absolute Gasteiger partial charge is 0.492 e. The number of rotatable bonds is 6. The van der Waals surface area contributed by atoms with Crippen molar-refractivity contribution in [2.24, 2.45) is 0 Å². The van der Waals surface area contributed by atoms with E-state index in [4.69, 9.17) is 9.15 Å². The number of nitrogens with one attached hydrogen (secondary N) is 1. The Labute approximate surface area is 163 Å². The summed E-state index contributed by atoms with van der Waals surface area (Å²) in [6.07, 6.45) is 0. The Hall–Kier alpha value is -3.00. The number of hydrogen-bond acceptors (Lipinski definition) is 6. The van der Waals surface area contributed by atoms with Gasteiger partial charge in [0, 0.05) is 31.2 Å². The van der Waals surface area contributed by atoms with Crippen molar-refractivity contribution in [3.63, 3.8) is 0 Å². The highest BCUT2D eigenvalue weighted by Crippen LogP contribution is 2.27. The van der Waals surface area contributed by atoms with Crippen molar-refractivity contribution in [2.75, 3.05) is 25.6 Å². The average Bonchev–Trinajstić information content (AvgIpc) is 3.06. The van der Waals surface area contributed by atoms with Crippen molar-refractivity contribution >= 4 is 32.6 Å². The molecule has 0 fully saturated rings. The van der Waals surface area contributed by atoms with Crippen molar-refractivity contribution in [1.29, 1.82) is 0 Å². The van der Waals surface area contributed by atoms with E-state index in [-0.39, 0.29) is 16.4 Å². The summed E-state index contributed by atoms with van der Waals surface area (Å²) < 4.78 is 38.5. The number of anilines is 1. The second-order valence-corrected chi connectivity index (χ2v) is 8.20. The van der Waals surface area contributed by atoms with Gasteiger partial charge in [0.2, 0.25) is 0 Å². The molecule has 0 aliphatic heterocycles. The molecule has 1 aromatic heterocycles. The zero-order valence-electron chi connectivity index (χ0n) is 16.1. The zero-order valence-corrected chi connectivity index (χ0v) is 17.0. The van der Waals surface area contributed by atoms with E-state index in [9.17, 15) is 13.2 Å². The molecule has 0 atom stereocenters. The van der Waals surface area contributed by atoms with Gasteiger partial charge >= 0.3 is 5.91 Å². The predicted octanol–water partition coefficient (Wildman–Crippen LogP) is 3.32. The van der Waals surface area contributed by atoms with Gasteiger partial charge in [-0.1, -0.05) is 6.07 Å². The van der Waals surface area contributed by atoms with Crippen LogP contribution in [0.25, 0.3) is 11.0 Å². The first-order chi connectivity index (χ1) is 13.2. The summed E-state index contributed by atoms with van der Waals surface area (Å²) in [7, 11) is -0.353. The topological polar surface area (TPSA) is 88.8 Å². The molecule has 1 heterocycles. The van der Waals surface area contributed by atoms with Gasteiger partial charge in [0.25, 0.3) is 10.0 Å². The number of furan rings is 1. The number of ether oxygens (including phenoxy) is 1. The van der Waals surface area contributed by atoms with Crippen LogP contribution < -0.4 is 14.4 Å². The first-order valence-corrected chi connectivity index (χ1v) is 10.2. The Morgan fingerprint density at radius 2 is 1.89 bits per heavy atom. The summed E-state index contributed by atoms with van der Waals surface area (Å²) in [6, 6.07) is 11.8. The smallest absolute Gasteiger partial charge is 0.300 e. The lowest BCUT2D eigenvalue weighted by atomic mass is 10.2. The van der Waals surface area contributed by atoms with Gasteiger partial charge < -0.3 is 14.1 Å². The van der Waals surface area contributed by atoms with Crippen LogP contribution in [0.15, 0.2) is 51.8 Å². The molecular formula is C20H22N2O5S. The fourth-order valence-corrected chi connectivity index (χ4v) is 3.92. The predicted molar refractivity (Wildman–Crippen MR) is 108 cm³/mol. The Morgan fingerprint density at radius 1 is 1.14 bits per heavy atom. The van der Waals surface area contributed by atoms with Crippen molar-refractivity contribution in [3.05, 3.63) is 53.8 Å². The number of amides is 1. The minimum atomic E-state index is -4.13. The maximum Gasteiger partial charge on any atom is 0.300 e. The van der Waals surface area contributed by atoms with Gasteiger partial charge in [-0.25, -0.2) is 13.1 Å². The summed E-state index contributed by atoms with van der Waals surface area (Å²) in [6.45, 7) is 3.82. The lowest BCUT2D eigenvalue weighted by Gasteiger charge is -2.12. The third kappa shape index (κ3) is 3.96. The third-order valence-corrected chi connectivity index (χ3v) is 5.51. The number of aryl methyl sites for hydroxylation is 1. The minimum absolute atomic E-state index is 0.0832. The van der Waals surface area contributed by atoms with Crippen molar-refractivity contribution < 1.29 is 22.4 Å². The van der Waals surface area contributed by atoms with Crippen LogP contribution >= 0.6 is 0 Å². The zero-order chi connectivity index (χ0) is 20.5. The van der Waals surface area contributed by atoms with Gasteiger partial charge in [-0.05, 0) is 49.7 Å². The maximum absolute atomic E-state index is 12.8. The van der Waals surface area contributed by atoms with Crippen LogP contribution in [-0.2, 0) is 10.0 Å². The molecule has 1 N–H and O–H groups in total. The van der Waals surface area contributed by atoms with Crippen molar-refractivity contribution in [1.82, 2.24) is 4.72 Å². The molecule has 0 saturated heterocycles. The highest BCUT2D eigenvalue weighted by Gasteiger charge is 2.25. The number of carbonyl (C=O) groups excluding carboxylic acids is 1. The van der Waals surface area contributed by atoms with Crippen LogP contribution in [0.3, 0.4) is 0 Å². The first kappa shape index (κ1) is 19.8. The molecule has 8 heteroatoms. The monoisotopic (exact) mass is 402 g/mol. The molecule has 0 aliphatic rings.